The Balaban J connectivity index is 1.24. The Labute approximate surface area is 346 Å². The van der Waals surface area contributed by atoms with Crippen molar-refractivity contribution in [2.75, 3.05) is 0 Å². The topological polar surface area (TPSA) is 61.0 Å². The molecule has 290 valence electrons. The maximum Gasteiger partial charge on any atom is 0.227 e. The summed E-state index contributed by atoms with van der Waals surface area (Å²) in [6.45, 7) is 12.8. The number of ether oxygens (including phenoxy) is 1. The average Bonchev–Trinajstić information content (AvgIpc) is 3.59. The van der Waals surface area contributed by atoms with Gasteiger partial charge in [-0.3, -0.25) is 9.97 Å². The zero-order valence-electron chi connectivity index (χ0n) is 37.4. The lowest BCUT2D eigenvalue weighted by molar-refractivity contribution is 0.167. The highest BCUT2D eigenvalue weighted by molar-refractivity contribution is 6.09. The molecule has 2 unspecified atom stereocenters. The molecule has 0 amide bonds. The molecular weight excluding hydrogens is 711 g/mol. The van der Waals surface area contributed by atoms with Crippen molar-refractivity contribution in [2.24, 2.45) is 11.3 Å². The number of hydrogen-bond acceptors (Lipinski definition) is 5. The summed E-state index contributed by atoms with van der Waals surface area (Å²) in [7, 11) is 0. The van der Waals surface area contributed by atoms with Crippen LogP contribution in [0.25, 0.3) is 66.8 Å². The molecule has 1 aliphatic rings. The van der Waals surface area contributed by atoms with Gasteiger partial charge in [0, 0.05) is 44.1 Å². The molecule has 0 radical (unpaired) electrons. The summed E-state index contributed by atoms with van der Waals surface area (Å²) in [5.41, 5.74) is 13.5. The van der Waals surface area contributed by atoms with E-state index >= 15 is 0 Å². The highest BCUT2D eigenvalue weighted by atomic mass is 16.5. The van der Waals surface area contributed by atoms with Crippen LogP contribution in [0.5, 0.6) is 11.5 Å². The maximum absolute atomic E-state index is 8.98. The molecule has 1 aliphatic carbocycles. The maximum atomic E-state index is 8.98. The van der Waals surface area contributed by atoms with Gasteiger partial charge in [0.15, 0.2) is 0 Å². The van der Waals surface area contributed by atoms with Crippen molar-refractivity contribution in [2.45, 2.75) is 80.5 Å². The fraction of sp³-hybridized carbons (Fsp3) is 0.264. The second-order valence-electron chi connectivity index (χ2n) is 17.3. The van der Waals surface area contributed by atoms with Crippen molar-refractivity contribution < 1.29 is 13.3 Å². The first-order chi connectivity index (χ1) is 29.1. The molecule has 0 bridgehead atoms. The standard InChI is InChI=1S/C53H51N3O2/c1-31-22-48(54-29-33(31)3)40-23-45(39-17-15-38(16-18-39)37-12-10-9-11-13-37)36(6)50(24-40)57-41-25-46-43-19-14-35(5)56-52(43)58-51(46)47(26-41)49-27-44(34(4)30-55-49)42-20-21-53(7,8)28-32(42)2/h9-19,22-27,29-30,32,42H,20-21,28H2,1-8H3/i6D3. The Morgan fingerprint density at radius 1 is 0.707 bits per heavy atom. The predicted molar refractivity (Wildman–Crippen MR) is 239 cm³/mol. The summed E-state index contributed by atoms with van der Waals surface area (Å²) >= 11 is 0. The molecule has 8 aromatic rings. The van der Waals surface area contributed by atoms with Crippen molar-refractivity contribution in [3.05, 3.63) is 149 Å². The Morgan fingerprint density at radius 3 is 2.21 bits per heavy atom. The summed E-state index contributed by atoms with van der Waals surface area (Å²) < 4.78 is 40.5. The quantitative estimate of drug-likeness (QED) is 0.162. The van der Waals surface area contributed by atoms with Crippen molar-refractivity contribution in [3.8, 4) is 56.3 Å². The van der Waals surface area contributed by atoms with Gasteiger partial charge in [-0.1, -0.05) is 75.4 Å². The minimum Gasteiger partial charge on any atom is -0.457 e. The Bertz CT molecular complexity index is 2950. The minimum absolute atomic E-state index is 0.119. The lowest BCUT2D eigenvalue weighted by atomic mass is 9.65. The summed E-state index contributed by atoms with van der Waals surface area (Å²) in [6.07, 6.45) is 7.28. The highest BCUT2D eigenvalue weighted by Gasteiger charge is 2.34. The largest absolute Gasteiger partial charge is 0.457 e. The number of nitrogens with zero attached hydrogens (tertiary/aromatic N) is 3. The van der Waals surface area contributed by atoms with E-state index in [0.29, 0.717) is 39.9 Å². The molecule has 0 saturated heterocycles. The zero-order valence-corrected chi connectivity index (χ0v) is 34.4. The van der Waals surface area contributed by atoms with Crippen molar-refractivity contribution in [3.63, 3.8) is 0 Å². The number of benzene rings is 4. The number of pyridine rings is 3. The third kappa shape index (κ3) is 7.08. The van der Waals surface area contributed by atoms with Gasteiger partial charge in [-0.2, -0.15) is 0 Å². The van der Waals surface area contributed by atoms with Gasteiger partial charge in [0.05, 0.1) is 11.4 Å². The molecule has 4 heterocycles. The summed E-state index contributed by atoms with van der Waals surface area (Å²) in [5.74, 6) is 1.62. The van der Waals surface area contributed by atoms with E-state index in [0.717, 1.165) is 73.2 Å². The molecule has 0 N–H and O–H groups in total. The molecule has 0 spiro atoms. The molecule has 5 nitrogen and oxygen atoms in total. The van der Waals surface area contributed by atoms with E-state index in [4.69, 9.17) is 28.2 Å². The van der Waals surface area contributed by atoms with Crippen LogP contribution in [0.2, 0.25) is 0 Å². The van der Waals surface area contributed by atoms with Gasteiger partial charge < -0.3 is 9.15 Å². The van der Waals surface area contributed by atoms with Crippen LogP contribution >= 0.6 is 0 Å². The smallest absolute Gasteiger partial charge is 0.227 e. The van der Waals surface area contributed by atoms with E-state index < -0.39 is 6.85 Å². The Hall–Kier alpha value is -6.07. The molecule has 0 aliphatic heterocycles. The average molecular weight is 765 g/mol. The van der Waals surface area contributed by atoms with Gasteiger partial charge in [-0.15, -0.1) is 0 Å². The minimum atomic E-state index is -2.53. The van der Waals surface area contributed by atoms with Crippen LogP contribution in [-0.2, 0) is 0 Å². The molecular formula is C53H51N3O2. The molecule has 1 saturated carbocycles. The second-order valence-corrected chi connectivity index (χ2v) is 17.3. The molecule has 58 heavy (non-hydrogen) atoms. The summed E-state index contributed by atoms with van der Waals surface area (Å²) in [4.78, 5) is 14.6. The number of furan rings is 1. The number of fused-ring (bicyclic) bond motifs is 3. The van der Waals surface area contributed by atoms with E-state index in [2.05, 4.69) is 52.8 Å². The number of aromatic nitrogens is 3. The van der Waals surface area contributed by atoms with E-state index in [1.165, 1.54) is 24.0 Å². The highest BCUT2D eigenvalue weighted by Crippen LogP contribution is 2.48. The molecule has 1 fully saturated rings. The lowest BCUT2D eigenvalue weighted by Crippen LogP contribution is -2.27. The second kappa shape index (κ2) is 14.7. The summed E-state index contributed by atoms with van der Waals surface area (Å²) in [6, 6.07) is 34.1. The third-order valence-corrected chi connectivity index (χ3v) is 12.4. The van der Waals surface area contributed by atoms with E-state index in [-0.39, 0.29) is 11.3 Å². The first kappa shape index (κ1) is 34.0. The van der Waals surface area contributed by atoms with Crippen molar-refractivity contribution in [1.29, 1.82) is 0 Å². The van der Waals surface area contributed by atoms with Crippen LogP contribution in [0, 0.1) is 45.9 Å². The number of aryl methyl sites for hydroxylation is 4. The van der Waals surface area contributed by atoms with Gasteiger partial charge >= 0.3 is 0 Å². The fourth-order valence-corrected chi connectivity index (χ4v) is 9.02. The monoisotopic (exact) mass is 764 g/mol. The zero-order chi connectivity index (χ0) is 42.8. The van der Waals surface area contributed by atoms with Crippen LogP contribution in [-0.4, -0.2) is 15.0 Å². The Morgan fingerprint density at radius 2 is 1.45 bits per heavy atom. The number of rotatable bonds is 7. The first-order valence-electron chi connectivity index (χ1n) is 21.9. The van der Waals surface area contributed by atoms with Crippen LogP contribution in [0.1, 0.15) is 83.6 Å². The molecule has 2 atom stereocenters. The molecule has 4 aromatic carbocycles. The Kier molecular flexibility index (Phi) is 8.62. The van der Waals surface area contributed by atoms with E-state index in [1.807, 2.05) is 111 Å². The van der Waals surface area contributed by atoms with Crippen LogP contribution in [0.15, 0.2) is 120 Å². The fourth-order valence-electron chi connectivity index (χ4n) is 9.02. The number of hydrogen-bond donors (Lipinski definition) is 0. The summed E-state index contributed by atoms with van der Waals surface area (Å²) in [5, 5.41) is 1.65. The van der Waals surface area contributed by atoms with Crippen molar-refractivity contribution >= 4 is 22.1 Å². The van der Waals surface area contributed by atoms with Crippen LogP contribution < -0.4 is 4.74 Å². The predicted octanol–water partition coefficient (Wildman–Crippen LogP) is 14.7. The normalized spacial score (nSPS) is 17.5. The van der Waals surface area contributed by atoms with E-state index in [9.17, 15) is 0 Å². The van der Waals surface area contributed by atoms with E-state index in [1.54, 1.807) is 0 Å². The van der Waals surface area contributed by atoms with Crippen LogP contribution in [0.3, 0.4) is 0 Å². The van der Waals surface area contributed by atoms with Crippen LogP contribution in [0.4, 0.5) is 0 Å². The van der Waals surface area contributed by atoms with Gasteiger partial charge in [-0.25, -0.2) is 4.98 Å². The lowest BCUT2D eigenvalue weighted by Gasteiger charge is -2.40. The van der Waals surface area contributed by atoms with Gasteiger partial charge in [0.2, 0.25) is 5.71 Å². The molecule has 4 aromatic heterocycles. The molecule has 5 heteroatoms. The van der Waals surface area contributed by atoms with Crippen molar-refractivity contribution in [1.82, 2.24) is 15.0 Å². The van der Waals surface area contributed by atoms with Gasteiger partial charge in [0.25, 0.3) is 0 Å². The first-order valence-corrected chi connectivity index (χ1v) is 20.4. The van der Waals surface area contributed by atoms with Gasteiger partial charge in [-0.05, 0) is 170 Å². The third-order valence-electron chi connectivity index (χ3n) is 12.4. The molecule has 9 rings (SSSR count). The SMILES string of the molecule is [2H]C([2H])([2H])c1c(Oc2cc(-c3cc(C4CCC(C)(C)CC4C)c(C)cn3)c3oc4nc(C)ccc4c3c2)cc(-c2cc(C)c(C)cn2)cc1-c1ccc(-c2ccccc2)cc1. The van der Waals surface area contributed by atoms with Gasteiger partial charge in [0.1, 0.15) is 17.1 Å².